The molecule has 130 valence electrons. The van der Waals surface area contributed by atoms with Gasteiger partial charge < -0.3 is 19.3 Å². The fraction of sp³-hybridized carbons (Fsp3) is 0.647. The van der Waals surface area contributed by atoms with Crippen molar-refractivity contribution in [3.8, 4) is 0 Å². The molecule has 0 aliphatic carbocycles. The van der Waals surface area contributed by atoms with E-state index >= 15 is 0 Å². The van der Waals surface area contributed by atoms with E-state index in [0.717, 1.165) is 29.2 Å². The summed E-state index contributed by atoms with van der Waals surface area (Å²) < 4.78 is 11.2. The predicted octanol–water partition coefficient (Wildman–Crippen LogP) is 2.66. The fourth-order valence-corrected chi connectivity index (χ4v) is 4.83. The van der Waals surface area contributed by atoms with Crippen LogP contribution in [0.5, 0.6) is 0 Å². The SMILES string of the molecule is CN1CC2(CCN(C(=O)c3ccc([C@@H]4CCCO4)s3)CC2)OC1=O. The van der Waals surface area contributed by atoms with Crippen LogP contribution in [0.2, 0.25) is 0 Å². The Kier molecular flexibility index (Phi) is 4.00. The third-order valence-electron chi connectivity index (χ3n) is 5.19. The second-order valence-electron chi connectivity index (χ2n) is 6.90. The van der Waals surface area contributed by atoms with Crippen LogP contribution in [0.15, 0.2) is 12.1 Å². The molecular weight excluding hydrogens is 328 g/mol. The van der Waals surface area contributed by atoms with Crippen LogP contribution in [0.4, 0.5) is 4.79 Å². The monoisotopic (exact) mass is 350 g/mol. The van der Waals surface area contributed by atoms with Gasteiger partial charge in [-0.3, -0.25) is 4.79 Å². The second-order valence-corrected chi connectivity index (χ2v) is 8.02. The number of rotatable bonds is 2. The zero-order valence-corrected chi connectivity index (χ0v) is 14.6. The molecule has 6 nitrogen and oxygen atoms in total. The molecule has 1 aromatic heterocycles. The molecule has 0 bridgehead atoms. The third kappa shape index (κ3) is 2.80. The van der Waals surface area contributed by atoms with Crippen LogP contribution in [0.3, 0.4) is 0 Å². The standard InChI is InChI=1S/C17H22N2O4S/c1-18-11-17(23-16(18)21)6-8-19(9-7-17)15(20)14-5-4-13(24-14)12-3-2-10-22-12/h4-5,12H,2-3,6-11H2,1H3/t12-/m0/s1. The van der Waals surface area contributed by atoms with Crippen molar-refractivity contribution in [2.75, 3.05) is 33.3 Å². The van der Waals surface area contributed by atoms with Gasteiger partial charge in [0.15, 0.2) is 0 Å². The average molecular weight is 350 g/mol. The van der Waals surface area contributed by atoms with Gasteiger partial charge in [-0.05, 0) is 25.0 Å². The highest BCUT2D eigenvalue weighted by molar-refractivity contribution is 7.14. The third-order valence-corrected chi connectivity index (χ3v) is 6.35. The molecule has 4 heterocycles. The molecule has 3 aliphatic heterocycles. The van der Waals surface area contributed by atoms with E-state index in [-0.39, 0.29) is 18.1 Å². The summed E-state index contributed by atoms with van der Waals surface area (Å²) in [5.74, 6) is 0.0803. The lowest BCUT2D eigenvalue weighted by Crippen LogP contribution is -2.48. The Morgan fingerprint density at radius 3 is 2.75 bits per heavy atom. The lowest BCUT2D eigenvalue weighted by Gasteiger charge is -2.37. The molecule has 0 radical (unpaired) electrons. The van der Waals surface area contributed by atoms with Gasteiger partial charge in [-0.15, -0.1) is 11.3 Å². The Bertz CT molecular complexity index is 645. The lowest BCUT2D eigenvalue weighted by molar-refractivity contribution is 0.00332. The number of hydrogen-bond donors (Lipinski definition) is 0. The Morgan fingerprint density at radius 2 is 2.12 bits per heavy atom. The molecule has 0 saturated carbocycles. The minimum Gasteiger partial charge on any atom is -0.441 e. The quantitative estimate of drug-likeness (QED) is 0.823. The van der Waals surface area contributed by atoms with Gasteiger partial charge in [0.1, 0.15) is 5.60 Å². The molecular formula is C17H22N2O4S. The molecule has 4 rings (SSSR count). The zero-order valence-electron chi connectivity index (χ0n) is 13.8. The maximum Gasteiger partial charge on any atom is 0.410 e. The van der Waals surface area contributed by atoms with Gasteiger partial charge in [0.2, 0.25) is 0 Å². The first-order valence-electron chi connectivity index (χ1n) is 8.51. The Morgan fingerprint density at radius 1 is 1.33 bits per heavy atom. The van der Waals surface area contributed by atoms with Gasteiger partial charge in [-0.2, -0.15) is 0 Å². The Labute approximate surface area is 145 Å². The second kappa shape index (κ2) is 6.04. The van der Waals surface area contributed by atoms with E-state index in [1.807, 2.05) is 17.0 Å². The van der Waals surface area contributed by atoms with Crippen LogP contribution in [-0.2, 0) is 9.47 Å². The lowest BCUT2D eigenvalue weighted by atomic mass is 9.91. The summed E-state index contributed by atoms with van der Waals surface area (Å²) in [5.41, 5.74) is -0.402. The van der Waals surface area contributed by atoms with Gasteiger partial charge in [0, 0.05) is 44.5 Å². The number of hydrogen-bond acceptors (Lipinski definition) is 5. The van der Waals surface area contributed by atoms with E-state index in [1.54, 1.807) is 23.3 Å². The van der Waals surface area contributed by atoms with Crippen molar-refractivity contribution in [3.05, 3.63) is 21.9 Å². The summed E-state index contributed by atoms with van der Waals surface area (Å²) in [4.78, 5) is 29.8. The number of carbonyl (C=O) groups is 2. The maximum atomic E-state index is 12.7. The van der Waals surface area contributed by atoms with Crippen molar-refractivity contribution in [2.45, 2.75) is 37.4 Å². The summed E-state index contributed by atoms with van der Waals surface area (Å²) in [6.45, 7) is 2.70. The molecule has 0 N–H and O–H groups in total. The number of thiophene rings is 1. The van der Waals surface area contributed by atoms with Crippen LogP contribution in [0.1, 0.15) is 46.3 Å². The number of likely N-dealkylation sites (N-methyl/N-ethyl adjacent to an activating group) is 1. The summed E-state index contributed by atoms with van der Waals surface area (Å²) in [5, 5.41) is 0. The molecule has 24 heavy (non-hydrogen) atoms. The van der Waals surface area contributed by atoms with Crippen LogP contribution >= 0.6 is 11.3 Å². The van der Waals surface area contributed by atoms with E-state index in [0.29, 0.717) is 32.5 Å². The van der Waals surface area contributed by atoms with Crippen LogP contribution in [0, 0.1) is 0 Å². The van der Waals surface area contributed by atoms with Gasteiger partial charge in [-0.25, -0.2) is 4.79 Å². The number of piperidine rings is 1. The van der Waals surface area contributed by atoms with Gasteiger partial charge in [0.05, 0.1) is 17.5 Å². The van der Waals surface area contributed by atoms with Crippen molar-refractivity contribution in [1.29, 1.82) is 0 Å². The van der Waals surface area contributed by atoms with Crippen molar-refractivity contribution in [3.63, 3.8) is 0 Å². The van der Waals surface area contributed by atoms with Gasteiger partial charge in [0.25, 0.3) is 5.91 Å². The first-order valence-corrected chi connectivity index (χ1v) is 9.33. The highest BCUT2D eigenvalue weighted by atomic mass is 32.1. The number of carbonyl (C=O) groups excluding carboxylic acids is 2. The first kappa shape index (κ1) is 15.9. The van der Waals surface area contributed by atoms with Crippen LogP contribution in [-0.4, -0.2) is 60.7 Å². The normalized spacial score (nSPS) is 26.2. The molecule has 1 aromatic rings. The first-order chi connectivity index (χ1) is 11.6. The van der Waals surface area contributed by atoms with Crippen molar-refractivity contribution in [2.24, 2.45) is 0 Å². The van der Waals surface area contributed by atoms with Crippen LogP contribution in [0.25, 0.3) is 0 Å². The fourth-order valence-electron chi connectivity index (χ4n) is 3.77. The smallest absolute Gasteiger partial charge is 0.410 e. The van der Waals surface area contributed by atoms with E-state index < -0.39 is 5.60 Å². The van der Waals surface area contributed by atoms with E-state index in [9.17, 15) is 9.59 Å². The molecule has 1 atom stereocenters. The highest BCUT2D eigenvalue weighted by Crippen LogP contribution is 2.35. The average Bonchev–Trinajstić information content (AvgIpc) is 3.29. The zero-order chi connectivity index (χ0) is 16.7. The molecule has 2 amide bonds. The molecule has 3 fully saturated rings. The summed E-state index contributed by atoms with van der Waals surface area (Å²) in [6.07, 6.45) is 3.45. The number of likely N-dealkylation sites (tertiary alicyclic amines) is 1. The van der Waals surface area contributed by atoms with Crippen molar-refractivity contribution >= 4 is 23.3 Å². The minimum atomic E-state index is -0.402. The van der Waals surface area contributed by atoms with Crippen molar-refractivity contribution in [1.82, 2.24) is 9.80 Å². The number of nitrogens with zero attached hydrogens (tertiary/aromatic N) is 2. The molecule has 1 spiro atoms. The van der Waals surface area contributed by atoms with E-state index in [4.69, 9.17) is 9.47 Å². The van der Waals surface area contributed by atoms with Gasteiger partial charge in [-0.1, -0.05) is 0 Å². The summed E-state index contributed by atoms with van der Waals surface area (Å²) >= 11 is 1.55. The number of ether oxygens (including phenoxy) is 2. The predicted molar refractivity (Wildman–Crippen MR) is 89.2 cm³/mol. The molecule has 0 unspecified atom stereocenters. The Hall–Kier alpha value is -1.60. The minimum absolute atomic E-state index is 0.0803. The highest BCUT2D eigenvalue weighted by Gasteiger charge is 2.46. The molecule has 7 heteroatoms. The summed E-state index contributed by atoms with van der Waals surface area (Å²) in [7, 11) is 1.76. The van der Waals surface area contributed by atoms with Gasteiger partial charge >= 0.3 is 6.09 Å². The summed E-state index contributed by atoms with van der Waals surface area (Å²) in [6, 6.07) is 3.94. The van der Waals surface area contributed by atoms with E-state index in [2.05, 4.69) is 0 Å². The molecule has 3 aliphatic rings. The van der Waals surface area contributed by atoms with E-state index in [1.165, 1.54) is 0 Å². The number of amides is 2. The molecule has 0 aromatic carbocycles. The Balaban J connectivity index is 1.39. The topological polar surface area (TPSA) is 59.1 Å². The largest absolute Gasteiger partial charge is 0.441 e. The maximum absolute atomic E-state index is 12.7. The molecule has 3 saturated heterocycles. The van der Waals surface area contributed by atoms with Crippen LogP contribution < -0.4 is 0 Å². The van der Waals surface area contributed by atoms with Crippen molar-refractivity contribution < 1.29 is 19.1 Å².